The standard InChI is InChI=1S/C14H17NO/c1-10-3-2-4-11(5-10)6-14-7-12(8-14)13(16)15-9-14/h2-5,12H,6-9H2,1H3,(H,15,16). The number of carbonyl (C=O) groups excluding carboxylic acids is 1. The van der Waals surface area contributed by atoms with Crippen molar-refractivity contribution in [3.63, 3.8) is 0 Å². The van der Waals surface area contributed by atoms with Crippen molar-refractivity contribution in [2.45, 2.75) is 26.2 Å². The molecule has 2 heteroatoms. The Morgan fingerprint density at radius 3 is 2.88 bits per heavy atom. The molecule has 1 aromatic rings. The molecule has 1 aromatic carbocycles. The van der Waals surface area contributed by atoms with Crippen LogP contribution >= 0.6 is 0 Å². The van der Waals surface area contributed by atoms with Crippen molar-refractivity contribution >= 4 is 5.91 Å². The molecule has 2 aliphatic heterocycles. The van der Waals surface area contributed by atoms with Crippen LogP contribution in [-0.2, 0) is 11.2 Å². The van der Waals surface area contributed by atoms with E-state index in [1.165, 1.54) is 11.1 Å². The smallest absolute Gasteiger partial charge is 0.223 e. The summed E-state index contributed by atoms with van der Waals surface area (Å²) in [6.07, 6.45) is 3.30. The molecule has 1 amide bonds. The van der Waals surface area contributed by atoms with Crippen LogP contribution in [0, 0.1) is 18.3 Å². The summed E-state index contributed by atoms with van der Waals surface area (Å²) in [5, 5.41) is 3.02. The van der Waals surface area contributed by atoms with Gasteiger partial charge in [0.1, 0.15) is 0 Å². The maximum absolute atomic E-state index is 11.4. The van der Waals surface area contributed by atoms with Crippen molar-refractivity contribution in [3.8, 4) is 0 Å². The average Bonchev–Trinajstić information content (AvgIpc) is 2.19. The molecule has 0 unspecified atom stereocenters. The van der Waals surface area contributed by atoms with Gasteiger partial charge in [0.15, 0.2) is 0 Å². The highest BCUT2D eigenvalue weighted by atomic mass is 16.2. The first-order valence-electron chi connectivity index (χ1n) is 6.00. The maximum Gasteiger partial charge on any atom is 0.223 e. The molecule has 0 aromatic heterocycles. The molecule has 2 saturated heterocycles. The van der Waals surface area contributed by atoms with Gasteiger partial charge in [0, 0.05) is 12.5 Å². The summed E-state index contributed by atoms with van der Waals surface area (Å²) in [5.74, 6) is 0.574. The Hall–Kier alpha value is -1.31. The normalized spacial score (nSPS) is 31.8. The zero-order valence-corrected chi connectivity index (χ0v) is 9.62. The Kier molecular flexibility index (Phi) is 2.06. The van der Waals surface area contributed by atoms with E-state index in [1.54, 1.807) is 0 Å². The predicted octanol–water partition coefficient (Wildman–Crippen LogP) is 2.06. The van der Waals surface area contributed by atoms with Gasteiger partial charge >= 0.3 is 0 Å². The van der Waals surface area contributed by atoms with Gasteiger partial charge in [-0.05, 0) is 37.2 Å². The van der Waals surface area contributed by atoms with Gasteiger partial charge in [0.05, 0.1) is 0 Å². The number of piperidine rings is 2. The fourth-order valence-electron chi connectivity index (χ4n) is 3.20. The number of fused-ring (bicyclic) bond motifs is 2. The minimum absolute atomic E-state index is 0.270. The molecule has 3 fully saturated rings. The van der Waals surface area contributed by atoms with Gasteiger partial charge < -0.3 is 5.32 Å². The molecule has 2 heterocycles. The number of nitrogens with one attached hydrogen (secondary N) is 1. The monoisotopic (exact) mass is 215 g/mol. The number of benzene rings is 1. The number of amides is 1. The van der Waals surface area contributed by atoms with E-state index in [0.29, 0.717) is 11.3 Å². The van der Waals surface area contributed by atoms with Crippen LogP contribution in [0.5, 0.6) is 0 Å². The summed E-state index contributed by atoms with van der Waals surface area (Å²) in [7, 11) is 0. The van der Waals surface area contributed by atoms with Crippen molar-refractivity contribution in [1.82, 2.24) is 5.32 Å². The maximum atomic E-state index is 11.4. The lowest BCUT2D eigenvalue weighted by Gasteiger charge is -2.51. The van der Waals surface area contributed by atoms with E-state index in [9.17, 15) is 4.79 Å². The molecule has 3 aliphatic rings. The third-order valence-corrected chi connectivity index (χ3v) is 4.03. The van der Waals surface area contributed by atoms with Crippen molar-refractivity contribution < 1.29 is 4.79 Å². The number of aryl methyl sites for hydroxylation is 1. The second-order valence-electron chi connectivity index (χ2n) is 5.49. The molecule has 1 saturated carbocycles. The number of carbonyl (C=O) groups is 1. The molecule has 84 valence electrons. The fraction of sp³-hybridized carbons (Fsp3) is 0.500. The van der Waals surface area contributed by atoms with E-state index in [0.717, 1.165) is 25.8 Å². The topological polar surface area (TPSA) is 29.1 Å². The molecule has 16 heavy (non-hydrogen) atoms. The first-order valence-corrected chi connectivity index (χ1v) is 6.00. The van der Waals surface area contributed by atoms with Crippen LogP contribution < -0.4 is 5.32 Å². The third-order valence-electron chi connectivity index (χ3n) is 4.03. The summed E-state index contributed by atoms with van der Waals surface area (Å²) >= 11 is 0. The zero-order valence-electron chi connectivity index (χ0n) is 9.62. The highest BCUT2D eigenvalue weighted by Crippen LogP contribution is 2.50. The van der Waals surface area contributed by atoms with Gasteiger partial charge in [-0.25, -0.2) is 0 Å². The molecule has 2 nitrogen and oxygen atoms in total. The fourth-order valence-corrected chi connectivity index (χ4v) is 3.20. The molecule has 2 bridgehead atoms. The Morgan fingerprint density at radius 1 is 1.44 bits per heavy atom. The van der Waals surface area contributed by atoms with Gasteiger partial charge in [-0.1, -0.05) is 29.8 Å². The Balaban J connectivity index is 1.75. The summed E-state index contributed by atoms with van der Waals surface area (Å²) in [5.41, 5.74) is 3.10. The van der Waals surface area contributed by atoms with Crippen LogP contribution in [0.25, 0.3) is 0 Å². The van der Waals surface area contributed by atoms with E-state index in [2.05, 4.69) is 36.5 Å². The van der Waals surface area contributed by atoms with E-state index < -0.39 is 0 Å². The molecule has 0 atom stereocenters. The minimum atomic E-state index is 0.270. The largest absolute Gasteiger partial charge is 0.355 e. The quantitative estimate of drug-likeness (QED) is 0.804. The van der Waals surface area contributed by atoms with Crippen LogP contribution in [0.4, 0.5) is 0 Å². The molecule has 1 N–H and O–H groups in total. The second kappa shape index (κ2) is 3.34. The molecular weight excluding hydrogens is 198 g/mol. The van der Waals surface area contributed by atoms with E-state index in [1.807, 2.05) is 0 Å². The highest BCUT2D eigenvalue weighted by molar-refractivity contribution is 5.81. The third kappa shape index (κ3) is 1.53. The van der Waals surface area contributed by atoms with Gasteiger partial charge in [0.2, 0.25) is 5.91 Å². The Labute approximate surface area is 96.1 Å². The SMILES string of the molecule is Cc1cccc(CC23CNC(=O)C(C2)C3)c1. The second-order valence-corrected chi connectivity index (χ2v) is 5.49. The highest BCUT2D eigenvalue weighted by Gasteiger charge is 2.50. The Bertz CT molecular complexity index is 427. The van der Waals surface area contributed by atoms with E-state index >= 15 is 0 Å². The number of rotatable bonds is 2. The zero-order chi connectivity index (χ0) is 11.2. The lowest BCUT2D eigenvalue weighted by atomic mass is 9.57. The van der Waals surface area contributed by atoms with Crippen molar-refractivity contribution in [2.75, 3.05) is 6.54 Å². The van der Waals surface area contributed by atoms with Crippen LogP contribution in [0.3, 0.4) is 0 Å². The van der Waals surface area contributed by atoms with E-state index in [4.69, 9.17) is 0 Å². The molecule has 1 aliphatic carbocycles. The van der Waals surface area contributed by atoms with Crippen molar-refractivity contribution in [2.24, 2.45) is 11.3 Å². The summed E-state index contributed by atoms with van der Waals surface area (Å²) in [6, 6.07) is 8.72. The first kappa shape index (κ1) is 9.88. The van der Waals surface area contributed by atoms with Gasteiger partial charge in [0.25, 0.3) is 0 Å². The Morgan fingerprint density at radius 2 is 2.25 bits per heavy atom. The summed E-state index contributed by atoms with van der Waals surface area (Å²) < 4.78 is 0. The number of hydrogen-bond acceptors (Lipinski definition) is 1. The lowest BCUT2D eigenvalue weighted by Crippen LogP contribution is -2.58. The molecule has 0 radical (unpaired) electrons. The first-order chi connectivity index (χ1) is 7.67. The molecule has 4 rings (SSSR count). The van der Waals surface area contributed by atoms with Gasteiger partial charge in [-0.2, -0.15) is 0 Å². The lowest BCUT2D eigenvalue weighted by molar-refractivity contribution is -0.140. The van der Waals surface area contributed by atoms with Crippen molar-refractivity contribution in [1.29, 1.82) is 0 Å². The molecule has 0 spiro atoms. The van der Waals surface area contributed by atoms with E-state index in [-0.39, 0.29) is 5.91 Å². The van der Waals surface area contributed by atoms with Gasteiger partial charge in [-0.3, -0.25) is 4.79 Å². The van der Waals surface area contributed by atoms with Crippen LogP contribution in [-0.4, -0.2) is 12.5 Å². The van der Waals surface area contributed by atoms with Crippen LogP contribution in [0.1, 0.15) is 24.0 Å². The van der Waals surface area contributed by atoms with Gasteiger partial charge in [-0.15, -0.1) is 0 Å². The average molecular weight is 215 g/mol. The van der Waals surface area contributed by atoms with Crippen molar-refractivity contribution in [3.05, 3.63) is 35.4 Å². The summed E-state index contributed by atoms with van der Waals surface area (Å²) in [4.78, 5) is 11.4. The predicted molar refractivity (Wildman–Crippen MR) is 63.0 cm³/mol. The van der Waals surface area contributed by atoms with Crippen LogP contribution in [0.2, 0.25) is 0 Å². The molecular formula is C14H17NO. The minimum Gasteiger partial charge on any atom is -0.355 e. The van der Waals surface area contributed by atoms with Crippen LogP contribution in [0.15, 0.2) is 24.3 Å². The number of hydrogen-bond donors (Lipinski definition) is 1. The summed E-state index contributed by atoms with van der Waals surface area (Å²) in [6.45, 7) is 3.00.